The lowest BCUT2D eigenvalue weighted by atomic mass is 10.1. The molecule has 0 N–H and O–H groups in total. The summed E-state index contributed by atoms with van der Waals surface area (Å²) in [7, 11) is 0. The van der Waals surface area contributed by atoms with Crippen LogP contribution >= 0.6 is 11.3 Å². The van der Waals surface area contributed by atoms with Gasteiger partial charge in [0.25, 0.3) is 5.91 Å². The summed E-state index contributed by atoms with van der Waals surface area (Å²) in [6.07, 6.45) is 4.41. The number of benzene rings is 1. The van der Waals surface area contributed by atoms with E-state index in [0.29, 0.717) is 0 Å². The Kier molecular flexibility index (Phi) is 4.51. The van der Waals surface area contributed by atoms with Crippen molar-refractivity contribution in [2.75, 3.05) is 31.1 Å². The molecule has 28 heavy (non-hydrogen) atoms. The highest BCUT2D eigenvalue weighted by atomic mass is 32.1. The van der Waals surface area contributed by atoms with Crippen LogP contribution in [-0.2, 0) is 19.3 Å². The van der Waals surface area contributed by atoms with Gasteiger partial charge in [-0.15, -0.1) is 11.3 Å². The molecule has 1 fully saturated rings. The highest BCUT2D eigenvalue weighted by Crippen LogP contribution is 2.40. The summed E-state index contributed by atoms with van der Waals surface area (Å²) in [5, 5.41) is 1.28. The number of aromatic nitrogens is 2. The molecule has 3 heterocycles. The first kappa shape index (κ1) is 17.6. The van der Waals surface area contributed by atoms with Crippen LogP contribution in [0.3, 0.4) is 0 Å². The number of piperazine rings is 1. The summed E-state index contributed by atoms with van der Waals surface area (Å²) in [4.78, 5) is 29.5. The molecule has 2 aromatic heterocycles. The fourth-order valence-corrected chi connectivity index (χ4v) is 5.57. The Labute approximate surface area is 169 Å². The molecule has 2 aliphatic rings. The maximum absolute atomic E-state index is 12.8. The lowest BCUT2D eigenvalue weighted by molar-refractivity contribution is 0.0746. The molecule has 5 nitrogen and oxygen atoms in total. The van der Waals surface area contributed by atoms with Gasteiger partial charge in [-0.05, 0) is 37.0 Å². The largest absolute Gasteiger partial charge is 0.352 e. The molecule has 5 rings (SSSR count). The Morgan fingerprint density at radius 1 is 1.07 bits per heavy atom. The molecular formula is C22H24N4OS. The van der Waals surface area contributed by atoms with Crippen LogP contribution in [0.5, 0.6) is 0 Å². The molecule has 1 aliphatic carbocycles. The number of carbonyl (C=O) groups is 1. The third kappa shape index (κ3) is 2.96. The number of carbonyl (C=O) groups excluding carboxylic acids is 1. The van der Waals surface area contributed by atoms with Crippen molar-refractivity contribution < 1.29 is 4.79 Å². The maximum atomic E-state index is 12.8. The first-order chi connectivity index (χ1) is 13.7. The van der Waals surface area contributed by atoms with Gasteiger partial charge in [0.1, 0.15) is 16.5 Å². The molecule has 144 valence electrons. The molecule has 1 amide bonds. The Morgan fingerprint density at radius 2 is 1.86 bits per heavy atom. The van der Waals surface area contributed by atoms with Gasteiger partial charge in [-0.3, -0.25) is 4.79 Å². The number of fused-ring (bicyclic) bond motifs is 3. The molecule has 6 heteroatoms. The Bertz CT molecular complexity index is 1020. The number of thiophene rings is 1. The van der Waals surface area contributed by atoms with Crippen molar-refractivity contribution in [2.24, 2.45) is 0 Å². The molecule has 0 saturated carbocycles. The van der Waals surface area contributed by atoms with Crippen molar-refractivity contribution in [3.63, 3.8) is 0 Å². The number of hydrogen-bond acceptors (Lipinski definition) is 5. The van der Waals surface area contributed by atoms with Crippen LogP contribution in [0.4, 0.5) is 5.82 Å². The Hall–Kier alpha value is -2.47. The monoisotopic (exact) mass is 392 g/mol. The first-order valence-corrected chi connectivity index (χ1v) is 11.0. The van der Waals surface area contributed by atoms with Crippen LogP contribution in [0.15, 0.2) is 30.3 Å². The van der Waals surface area contributed by atoms with Crippen LogP contribution in [-0.4, -0.2) is 47.0 Å². The first-order valence-electron chi connectivity index (χ1n) is 10.1. The number of anilines is 1. The van der Waals surface area contributed by atoms with Crippen molar-refractivity contribution in [1.29, 1.82) is 0 Å². The molecule has 1 aliphatic heterocycles. The predicted octanol–water partition coefficient (Wildman–Crippen LogP) is 3.70. The summed E-state index contributed by atoms with van der Waals surface area (Å²) in [6, 6.07) is 9.57. The van der Waals surface area contributed by atoms with E-state index in [-0.39, 0.29) is 5.91 Å². The number of aryl methyl sites for hydroxylation is 3. The van der Waals surface area contributed by atoms with E-state index >= 15 is 0 Å². The van der Waals surface area contributed by atoms with E-state index < -0.39 is 0 Å². The fourth-order valence-electron chi connectivity index (χ4n) is 4.29. The van der Waals surface area contributed by atoms with Gasteiger partial charge < -0.3 is 9.80 Å². The van der Waals surface area contributed by atoms with E-state index in [9.17, 15) is 4.79 Å². The lowest BCUT2D eigenvalue weighted by Crippen LogP contribution is -2.49. The van der Waals surface area contributed by atoms with Crippen molar-refractivity contribution in [1.82, 2.24) is 14.9 Å². The van der Waals surface area contributed by atoms with Crippen LogP contribution in [0.2, 0.25) is 0 Å². The molecule has 0 spiro atoms. The topological polar surface area (TPSA) is 49.3 Å². The summed E-state index contributed by atoms with van der Waals surface area (Å²) in [6.45, 7) is 5.21. The quantitative estimate of drug-likeness (QED) is 0.682. The van der Waals surface area contributed by atoms with E-state index in [4.69, 9.17) is 9.97 Å². The molecule has 0 bridgehead atoms. The Morgan fingerprint density at radius 3 is 2.61 bits per heavy atom. The van der Waals surface area contributed by atoms with Crippen molar-refractivity contribution in [2.45, 2.75) is 32.6 Å². The molecule has 0 radical (unpaired) electrons. The maximum Gasteiger partial charge on any atom is 0.253 e. The van der Waals surface area contributed by atoms with Gasteiger partial charge in [-0.1, -0.05) is 25.1 Å². The third-order valence-electron chi connectivity index (χ3n) is 5.80. The zero-order valence-electron chi connectivity index (χ0n) is 16.1. The lowest BCUT2D eigenvalue weighted by Gasteiger charge is -2.36. The smallest absolute Gasteiger partial charge is 0.253 e. The second kappa shape index (κ2) is 7.17. The second-order valence-corrected chi connectivity index (χ2v) is 8.58. The summed E-state index contributed by atoms with van der Waals surface area (Å²) in [5.41, 5.74) is 2.24. The number of rotatable bonds is 3. The van der Waals surface area contributed by atoms with Crippen LogP contribution in [0, 0.1) is 0 Å². The van der Waals surface area contributed by atoms with E-state index in [1.165, 1.54) is 28.7 Å². The van der Waals surface area contributed by atoms with Crippen molar-refractivity contribution in [3.8, 4) is 0 Å². The van der Waals surface area contributed by atoms with Gasteiger partial charge in [0.05, 0.1) is 5.39 Å². The van der Waals surface area contributed by atoms with Crippen molar-refractivity contribution >= 4 is 33.3 Å². The van der Waals surface area contributed by atoms with E-state index in [0.717, 1.165) is 61.1 Å². The Balaban J connectivity index is 1.42. The van der Waals surface area contributed by atoms with Crippen molar-refractivity contribution in [3.05, 3.63) is 52.2 Å². The summed E-state index contributed by atoms with van der Waals surface area (Å²) < 4.78 is 0. The minimum atomic E-state index is 0.124. The minimum absolute atomic E-state index is 0.124. The molecule has 3 aromatic rings. The zero-order valence-corrected chi connectivity index (χ0v) is 17.0. The normalized spacial score (nSPS) is 16.6. The van der Waals surface area contributed by atoms with Gasteiger partial charge in [-0.2, -0.15) is 0 Å². The fraction of sp³-hybridized carbons (Fsp3) is 0.409. The van der Waals surface area contributed by atoms with Crippen LogP contribution < -0.4 is 4.90 Å². The van der Waals surface area contributed by atoms with E-state index in [1.54, 1.807) is 0 Å². The summed E-state index contributed by atoms with van der Waals surface area (Å²) in [5.74, 6) is 2.14. The van der Waals surface area contributed by atoms with Gasteiger partial charge in [0, 0.05) is 43.0 Å². The number of hydrogen-bond donors (Lipinski definition) is 0. The molecule has 1 aromatic carbocycles. The molecule has 0 unspecified atom stereocenters. The molecule has 1 saturated heterocycles. The SMILES string of the molecule is CCc1nc(N2CCN(C(=O)c3ccccc3)CC2)c2c3c(sc2n1)CCC3. The average Bonchev–Trinajstić information content (AvgIpc) is 3.34. The molecular weight excluding hydrogens is 368 g/mol. The van der Waals surface area contributed by atoms with Crippen LogP contribution in [0.25, 0.3) is 10.2 Å². The highest BCUT2D eigenvalue weighted by molar-refractivity contribution is 7.19. The van der Waals surface area contributed by atoms with Gasteiger partial charge in [0.2, 0.25) is 0 Å². The number of amides is 1. The van der Waals surface area contributed by atoms with E-state index in [2.05, 4.69) is 11.8 Å². The summed E-state index contributed by atoms with van der Waals surface area (Å²) >= 11 is 1.85. The van der Waals surface area contributed by atoms with Crippen LogP contribution in [0.1, 0.15) is 40.0 Å². The third-order valence-corrected chi connectivity index (χ3v) is 6.98. The zero-order chi connectivity index (χ0) is 19.1. The second-order valence-electron chi connectivity index (χ2n) is 7.50. The number of nitrogens with zero attached hydrogens (tertiary/aromatic N) is 4. The molecule has 0 atom stereocenters. The predicted molar refractivity (Wildman–Crippen MR) is 113 cm³/mol. The van der Waals surface area contributed by atoms with E-state index in [1.807, 2.05) is 46.6 Å². The highest BCUT2D eigenvalue weighted by Gasteiger charge is 2.28. The van der Waals surface area contributed by atoms with Gasteiger partial charge in [0.15, 0.2) is 0 Å². The minimum Gasteiger partial charge on any atom is -0.352 e. The van der Waals surface area contributed by atoms with Gasteiger partial charge in [-0.25, -0.2) is 9.97 Å². The standard InChI is InChI=1S/C22H24N4OS/c1-2-18-23-20(19-16-9-6-10-17(16)28-21(19)24-18)25-11-13-26(14-12-25)22(27)15-7-4-3-5-8-15/h3-5,7-8H,2,6,9-14H2,1H3. The average molecular weight is 393 g/mol. The van der Waals surface area contributed by atoms with Gasteiger partial charge >= 0.3 is 0 Å².